The summed E-state index contributed by atoms with van der Waals surface area (Å²) in [5.74, 6) is -0.320. The minimum atomic E-state index is -0.216. The zero-order chi connectivity index (χ0) is 23.2. The van der Waals surface area contributed by atoms with Gasteiger partial charge in [-0.25, -0.2) is 4.98 Å². The highest BCUT2D eigenvalue weighted by molar-refractivity contribution is 6.05. The number of aromatic nitrogens is 1. The van der Waals surface area contributed by atoms with Crippen molar-refractivity contribution in [3.63, 3.8) is 0 Å². The van der Waals surface area contributed by atoms with Gasteiger partial charge in [0.15, 0.2) is 0 Å². The number of nitrogens with one attached hydrogen (secondary N) is 1. The minimum Gasteiger partial charge on any atom is -0.463 e. The van der Waals surface area contributed by atoms with Crippen molar-refractivity contribution in [1.82, 2.24) is 15.2 Å². The van der Waals surface area contributed by atoms with Crippen LogP contribution in [0.3, 0.4) is 0 Å². The molecule has 2 aromatic heterocycles. The van der Waals surface area contributed by atoms with Crippen LogP contribution in [0.25, 0.3) is 11.0 Å². The van der Waals surface area contributed by atoms with Gasteiger partial charge in [0.25, 0.3) is 11.8 Å². The molecule has 168 valence electrons. The molecule has 2 amide bonds. The van der Waals surface area contributed by atoms with Crippen molar-refractivity contribution >= 4 is 22.8 Å². The van der Waals surface area contributed by atoms with Crippen molar-refractivity contribution in [2.24, 2.45) is 0 Å². The van der Waals surface area contributed by atoms with Crippen LogP contribution in [0.1, 0.15) is 38.5 Å². The Labute approximate surface area is 193 Å². The van der Waals surface area contributed by atoms with Gasteiger partial charge < -0.3 is 14.6 Å². The molecule has 6 heteroatoms. The molecule has 0 aliphatic carbocycles. The number of likely N-dealkylation sites (N-methyl/N-ethyl adjacent to an activating group) is 1. The van der Waals surface area contributed by atoms with Crippen molar-refractivity contribution in [3.8, 4) is 0 Å². The van der Waals surface area contributed by atoms with E-state index in [4.69, 9.17) is 4.42 Å². The second-order valence-electron chi connectivity index (χ2n) is 8.11. The lowest BCUT2D eigenvalue weighted by Gasteiger charge is -2.28. The van der Waals surface area contributed by atoms with E-state index in [-0.39, 0.29) is 17.9 Å². The Hall–Kier alpha value is -3.93. The quantitative estimate of drug-likeness (QED) is 0.432. The van der Waals surface area contributed by atoms with Crippen LogP contribution in [0.5, 0.6) is 0 Å². The van der Waals surface area contributed by atoms with Crippen LogP contribution in [-0.4, -0.2) is 41.3 Å². The van der Waals surface area contributed by atoms with Gasteiger partial charge in [-0.2, -0.15) is 0 Å². The summed E-state index contributed by atoms with van der Waals surface area (Å²) in [6.07, 6.45) is 2.80. The van der Waals surface area contributed by atoms with Crippen LogP contribution in [0.4, 0.5) is 0 Å². The maximum atomic E-state index is 13.4. The predicted octanol–water partition coefficient (Wildman–Crippen LogP) is 4.64. The summed E-state index contributed by atoms with van der Waals surface area (Å²) in [6.45, 7) is 2.28. The monoisotopic (exact) mass is 441 g/mol. The summed E-state index contributed by atoms with van der Waals surface area (Å²) in [5.41, 5.74) is 3.54. The number of fused-ring (bicyclic) bond motifs is 1. The molecule has 1 atom stereocenters. The van der Waals surface area contributed by atoms with E-state index in [2.05, 4.69) is 10.3 Å². The van der Waals surface area contributed by atoms with E-state index in [0.29, 0.717) is 36.2 Å². The fourth-order valence-corrected chi connectivity index (χ4v) is 3.93. The number of benzene rings is 2. The third-order valence-electron chi connectivity index (χ3n) is 5.78. The summed E-state index contributed by atoms with van der Waals surface area (Å²) in [6, 6.07) is 22.8. The molecule has 4 rings (SSSR count). The molecule has 2 heterocycles. The molecular weight excluding hydrogens is 414 g/mol. The number of hydrogen-bond donors (Lipinski definition) is 1. The van der Waals surface area contributed by atoms with Gasteiger partial charge in [-0.1, -0.05) is 54.6 Å². The summed E-state index contributed by atoms with van der Waals surface area (Å²) in [7, 11) is 1.81. The van der Waals surface area contributed by atoms with Crippen molar-refractivity contribution in [1.29, 1.82) is 0 Å². The van der Waals surface area contributed by atoms with Gasteiger partial charge >= 0.3 is 0 Å². The Bertz CT molecular complexity index is 1250. The number of carbonyl (C=O) groups is 2. The molecule has 0 bridgehead atoms. The van der Waals surface area contributed by atoms with Gasteiger partial charge in [-0.05, 0) is 43.5 Å². The molecule has 0 radical (unpaired) electrons. The third-order valence-corrected chi connectivity index (χ3v) is 5.78. The fraction of sp³-hybridized carbons (Fsp3) is 0.222. The predicted molar refractivity (Wildman–Crippen MR) is 128 cm³/mol. The molecule has 1 N–H and O–H groups in total. The van der Waals surface area contributed by atoms with Crippen LogP contribution in [0.2, 0.25) is 0 Å². The number of furan rings is 1. The third kappa shape index (κ3) is 5.29. The van der Waals surface area contributed by atoms with Crippen LogP contribution in [0, 0.1) is 6.92 Å². The highest BCUT2D eigenvalue weighted by atomic mass is 16.3. The summed E-state index contributed by atoms with van der Waals surface area (Å²) in [5, 5.41) is 3.74. The van der Waals surface area contributed by atoms with Gasteiger partial charge in [-0.15, -0.1) is 0 Å². The number of carbonyl (C=O) groups excluding carboxylic acids is 2. The highest BCUT2D eigenvalue weighted by Crippen LogP contribution is 2.23. The van der Waals surface area contributed by atoms with Gasteiger partial charge in [0.1, 0.15) is 17.5 Å². The van der Waals surface area contributed by atoms with E-state index >= 15 is 0 Å². The Morgan fingerprint density at radius 1 is 1.00 bits per heavy atom. The molecule has 6 nitrogen and oxygen atoms in total. The Morgan fingerprint density at radius 3 is 2.55 bits per heavy atom. The summed E-state index contributed by atoms with van der Waals surface area (Å²) in [4.78, 5) is 31.9. The Kier molecular flexibility index (Phi) is 6.83. The first-order valence-electron chi connectivity index (χ1n) is 11.0. The standard InChI is InChI=1S/C27H27N3O3/c1-19-9-8-13-24(29-19)26(31)28-16-15-21(17-20-10-4-3-5-11-20)30(2)27(32)23-18-33-25-14-7-6-12-22(23)25/h3-14,18,21H,15-17H2,1-2H3,(H,28,31). The molecule has 1 unspecified atom stereocenters. The van der Waals surface area contributed by atoms with E-state index in [0.717, 1.165) is 16.6 Å². The van der Waals surface area contributed by atoms with Crippen LogP contribution >= 0.6 is 0 Å². The Balaban J connectivity index is 1.49. The maximum absolute atomic E-state index is 13.4. The number of para-hydroxylation sites is 1. The molecule has 0 saturated carbocycles. The largest absolute Gasteiger partial charge is 0.463 e. The molecule has 0 spiro atoms. The topological polar surface area (TPSA) is 75.4 Å². The minimum absolute atomic E-state index is 0.104. The van der Waals surface area contributed by atoms with Crippen LogP contribution < -0.4 is 5.32 Å². The lowest BCUT2D eigenvalue weighted by molar-refractivity contribution is 0.0724. The number of rotatable bonds is 8. The highest BCUT2D eigenvalue weighted by Gasteiger charge is 2.24. The average molecular weight is 442 g/mol. The number of amides is 2. The molecule has 0 fully saturated rings. The molecule has 0 aliphatic heterocycles. The fourth-order valence-electron chi connectivity index (χ4n) is 3.93. The van der Waals surface area contributed by atoms with E-state index in [1.165, 1.54) is 6.26 Å². The van der Waals surface area contributed by atoms with E-state index in [1.807, 2.05) is 80.7 Å². The first-order valence-corrected chi connectivity index (χ1v) is 11.0. The SMILES string of the molecule is Cc1cccc(C(=O)NCCC(Cc2ccccc2)N(C)C(=O)c2coc3ccccc23)n1. The van der Waals surface area contributed by atoms with Crippen molar-refractivity contribution in [2.45, 2.75) is 25.8 Å². The van der Waals surface area contributed by atoms with Gasteiger partial charge in [0.05, 0.1) is 5.56 Å². The molecule has 2 aromatic carbocycles. The van der Waals surface area contributed by atoms with Gasteiger partial charge in [-0.3, -0.25) is 9.59 Å². The number of hydrogen-bond acceptors (Lipinski definition) is 4. The molecule has 0 aliphatic rings. The second kappa shape index (κ2) is 10.1. The number of aryl methyl sites for hydroxylation is 1. The summed E-state index contributed by atoms with van der Waals surface area (Å²) < 4.78 is 5.58. The second-order valence-corrected chi connectivity index (χ2v) is 8.11. The molecule has 0 saturated heterocycles. The zero-order valence-corrected chi connectivity index (χ0v) is 18.8. The number of nitrogens with zero attached hydrogens (tertiary/aromatic N) is 2. The lowest BCUT2D eigenvalue weighted by Crippen LogP contribution is -2.41. The zero-order valence-electron chi connectivity index (χ0n) is 18.8. The van der Waals surface area contributed by atoms with Crippen LogP contribution in [0.15, 0.2) is 83.5 Å². The lowest BCUT2D eigenvalue weighted by atomic mass is 10.0. The first kappa shape index (κ1) is 22.3. The maximum Gasteiger partial charge on any atom is 0.269 e. The normalized spacial score (nSPS) is 11.8. The molecule has 33 heavy (non-hydrogen) atoms. The number of pyridine rings is 1. The van der Waals surface area contributed by atoms with Crippen LogP contribution in [-0.2, 0) is 6.42 Å². The average Bonchev–Trinajstić information content (AvgIpc) is 3.27. The van der Waals surface area contributed by atoms with E-state index < -0.39 is 0 Å². The summed E-state index contributed by atoms with van der Waals surface area (Å²) >= 11 is 0. The van der Waals surface area contributed by atoms with Crippen molar-refractivity contribution in [2.75, 3.05) is 13.6 Å². The van der Waals surface area contributed by atoms with E-state index in [9.17, 15) is 9.59 Å². The van der Waals surface area contributed by atoms with Gasteiger partial charge in [0, 0.05) is 30.7 Å². The first-order chi connectivity index (χ1) is 16.0. The van der Waals surface area contributed by atoms with E-state index in [1.54, 1.807) is 11.0 Å². The molecule has 4 aromatic rings. The smallest absolute Gasteiger partial charge is 0.269 e. The Morgan fingerprint density at radius 2 is 1.76 bits per heavy atom. The van der Waals surface area contributed by atoms with Gasteiger partial charge in [0.2, 0.25) is 0 Å². The van der Waals surface area contributed by atoms with Crippen molar-refractivity contribution in [3.05, 3.63) is 102 Å². The van der Waals surface area contributed by atoms with Crippen molar-refractivity contribution < 1.29 is 14.0 Å². The molecular formula is C27H27N3O3.